The van der Waals surface area contributed by atoms with E-state index in [0.29, 0.717) is 34.4 Å². The maximum atomic E-state index is 12.7. The first-order valence-electron chi connectivity index (χ1n) is 9.13. The van der Waals surface area contributed by atoms with Crippen LogP contribution in [0.2, 0.25) is 5.02 Å². The summed E-state index contributed by atoms with van der Waals surface area (Å²) in [6.45, 7) is 1.97. The minimum Gasteiger partial charge on any atom is -0.493 e. The van der Waals surface area contributed by atoms with Crippen LogP contribution in [0.25, 0.3) is 6.08 Å². The van der Waals surface area contributed by atoms with Crippen molar-refractivity contribution in [3.63, 3.8) is 0 Å². The Kier molecular flexibility index (Phi) is 7.84. The lowest BCUT2D eigenvalue weighted by atomic mass is 10.2. The van der Waals surface area contributed by atoms with Crippen molar-refractivity contribution in [2.75, 3.05) is 25.6 Å². The Hall–Kier alpha value is -2.24. The normalized spacial score (nSPS) is 14.8. The fourth-order valence-corrected chi connectivity index (χ4v) is 4.62. The molecule has 0 aliphatic carbocycles. The van der Waals surface area contributed by atoms with Gasteiger partial charge in [-0.15, -0.1) is 0 Å². The second-order valence-corrected chi connectivity index (χ2v) is 8.89. The van der Waals surface area contributed by atoms with E-state index in [1.807, 2.05) is 13.0 Å². The lowest BCUT2D eigenvalue weighted by Gasteiger charge is -2.13. The number of nitrogens with zero attached hydrogens (tertiary/aromatic N) is 1. The summed E-state index contributed by atoms with van der Waals surface area (Å²) in [6.07, 6.45) is 1.60. The van der Waals surface area contributed by atoms with Crippen molar-refractivity contribution in [1.29, 1.82) is 0 Å². The highest BCUT2D eigenvalue weighted by Crippen LogP contribution is 2.37. The molecule has 0 saturated carbocycles. The first-order chi connectivity index (χ1) is 14.8. The highest BCUT2D eigenvalue weighted by Gasteiger charge is 2.36. The Morgan fingerprint density at radius 3 is 2.74 bits per heavy atom. The predicted octanol–water partition coefficient (Wildman–Crippen LogP) is 5.03. The number of methoxy groups -OCH3 is 1. The molecule has 3 amide bonds. The monoisotopic (exact) mass is 572 g/mol. The summed E-state index contributed by atoms with van der Waals surface area (Å²) >= 11 is 8.81. The fourth-order valence-electron chi connectivity index (χ4n) is 2.81. The van der Waals surface area contributed by atoms with Gasteiger partial charge in [-0.05, 0) is 83.2 Å². The number of halogens is 2. The van der Waals surface area contributed by atoms with Crippen LogP contribution in [0, 0.1) is 3.57 Å². The number of carbonyl (C=O) groups excluding carboxylic acids is 3. The summed E-state index contributed by atoms with van der Waals surface area (Å²) in [5.74, 6) is 0.121. The predicted molar refractivity (Wildman–Crippen MR) is 130 cm³/mol. The van der Waals surface area contributed by atoms with Gasteiger partial charge in [-0.25, -0.2) is 0 Å². The number of carbonyl (C=O) groups is 3. The Morgan fingerprint density at radius 1 is 1.29 bits per heavy atom. The Labute approximate surface area is 202 Å². The first-order valence-corrected chi connectivity index (χ1v) is 11.4. The quantitative estimate of drug-likeness (QED) is 0.370. The molecule has 10 heteroatoms. The fraction of sp³-hybridized carbons (Fsp3) is 0.190. The van der Waals surface area contributed by atoms with Gasteiger partial charge in [-0.2, -0.15) is 0 Å². The van der Waals surface area contributed by atoms with Crippen LogP contribution < -0.4 is 14.8 Å². The minimum atomic E-state index is -0.529. The van der Waals surface area contributed by atoms with Crippen molar-refractivity contribution >= 4 is 74.8 Å². The van der Waals surface area contributed by atoms with Crippen LogP contribution in [0.4, 0.5) is 10.5 Å². The average molecular weight is 573 g/mol. The molecule has 0 spiro atoms. The van der Waals surface area contributed by atoms with E-state index >= 15 is 0 Å². The molecule has 1 fully saturated rings. The molecule has 2 aromatic rings. The van der Waals surface area contributed by atoms with Gasteiger partial charge in [-0.1, -0.05) is 17.7 Å². The van der Waals surface area contributed by atoms with Crippen molar-refractivity contribution in [2.24, 2.45) is 0 Å². The zero-order valence-electron chi connectivity index (χ0n) is 16.6. The van der Waals surface area contributed by atoms with E-state index in [1.54, 1.807) is 36.4 Å². The molecule has 3 rings (SSSR count). The van der Waals surface area contributed by atoms with E-state index in [4.69, 9.17) is 21.1 Å². The standard InChI is InChI=1S/C21H18ClIN2O5S/c1-3-30-19-15(23)7-12(8-16(19)29-2)9-17-20(27)25(21(28)31-17)11-18(26)24-14-6-4-5-13(22)10-14/h4-10H,3,11H2,1-2H3,(H,24,26)/b17-9+. The third-order valence-electron chi connectivity index (χ3n) is 4.12. The second kappa shape index (κ2) is 10.4. The van der Waals surface area contributed by atoms with E-state index in [9.17, 15) is 14.4 Å². The van der Waals surface area contributed by atoms with Crippen molar-refractivity contribution in [2.45, 2.75) is 6.92 Å². The molecule has 1 saturated heterocycles. The van der Waals surface area contributed by atoms with E-state index in [0.717, 1.165) is 20.2 Å². The SMILES string of the molecule is CCOc1c(I)cc(/C=C2/SC(=O)N(CC(=O)Nc3cccc(Cl)c3)C2=O)cc1OC. The molecular formula is C21H18ClIN2O5S. The van der Waals surface area contributed by atoms with E-state index in [1.165, 1.54) is 7.11 Å². The van der Waals surface area contributed by atoms with Crippen LogP contribution in [-0.4, -0.2) is 42.2 Å². The van der Waals surface area contributed by atoms with Gasteiger partial charge >= 0.3 is 0 Å². The number of thioether (sulfide) groups is 1. The first kappa shape index (κ1) is 23.4. The van der Waals surface area contributed by atoms with Gasteiger partial charge in [0.15, 0.2) is 11.5 Å². The molecule has 2 aromatic carbocycles. The maximum absolute atomic E-state index is 12.7. The van der Waals surface area contributed by atoms with Crippen molar-refractivity contribution in [3.8, 4) is 11.5 Å². The Balaban J connectivity index is 1.76. The van der Waals surface area contributed by atoms with Crippen LogP contribution >= 0.6 is 46.0 Å². The van der Waals surface area contributed by atoms with Crippen molar-refractivity contribution < 1.29 is 23.9 Å². The molecule has 162 valence electrons. The number of benzene rings is 2. The Morgan fingerprint density at radius 2 is 2.06 bits per heavy atom. The highest BCUT2D eigenvalue weighted by molar-refractivity contribution is 14.1. The number of hydrogen-bond donors (Lipinski definition) is 1. The van der Waals surface area contributed by atoms with E-state index < -0.39 is 23.6 Å². The zero-order valence-corrected chi connectivity index (χ0v) is 20.3. The van der Waals surface area contributed by atoms with Gasteiger partial charge in [0.2, 0.25) is 5.91 Å². The molecule has 0 unspecified atom stereocenters. The third kappa shape index (κ3) is 5.72. The maximum Gasteiger partial charge on any atom is 0.294 e. The molecule has 0 atom stereocenters. The zero-order chi connectivity index (χ0) is 22.5. The van der Waals surface area contributed by atoms with Crippen molar-refractivity contribution in [1.82, 2.24) is 4.90 Å². The molecule has 1 heterocycles. The molecular weight excluding hydrogens is 555 g/mol. The van der Waals surface area contributed by atoms with Crippen LogP contribution in [-0.2, 0) is 9.59 Å². The lowest BCUT2D eigenvalue weighted by molar-refractivity contribution is -0.127. The molecule has 0 aromatic heterocycles. The number of anilines is 1. The number of ether oxygens (including phenoxy) is 2. The van der Waals surface area contributed by atoms with Gasteiger partial charge in [-0.3, -0.25) is 19.3 Å². The number of amides is 3. The number of rotatable bonds is 7. The van der Waals surface area contributed by atoms with Gasteiger partial charge in [0.1, 0.15) is 6.54 Å². The summed E-state index contributed by atoms with van der Waals surface area (Å²) in [5.41, 5.74) is 1.16. The average Bonchev–Trinajstić information content (AvgIpc) is 2.97. The van der Waals surface area contributed by atoms with Crippen LogP contribution in [0.1, 0.15) is 12.5 Å². The van der Waals surface area contributed by atoms with E-state index in [-0.39, 0.29) is 4.91 Å². The third-order valence-corrected chi connectivity index (χ3v) is 6.07. The molecule has 0 bridgehead atoms. The molecule has 1 aliphatic rings. The van der Waals surface area contributed by atoms with Crippen molar-refractivity contribution in [3.05, 3.63) is 55.5 Å². The summed E-state index contributed by atoms with van der Waals surface area (Å²) in [6, 6.07) is 10.2. The molecule has 1 aliphatic heterocycles. The number of hydrogen-bond acceptors (Lipinski definition) is 6. The van der Waals surface area contributed by atoms with Crippen LogP contribution in [0.15, 0.2) is 41.3 Å². The van der Waals surface area contributed by atoms with E-state index in [2.05, 4.69) is 27.9 Å². The van der Waals surface area contributed by atoms with Gasteiger partial charge < -0.3 is 14.8 Å². The van der Waals surface area contributed by atoms with Crippen LogP contribution in [0.5, 0.6) is 11.5 Å². The largest absolute Gasteiger partial charge is 0.493 e. The molecule has 0 radical (unpaired) electrons. The number of nitrogens with one attached hydrogen (secondary N) is 1. The minimum absolute atomic E-state index is 0.225. The van der Waals surface area contributed by atoms with Gasteiger partial charge in [0.05, 0.1) is 22.2 Å². The summed E-state index contributed by atoms with van der Waals surface area (Å²) < 4.78 is 11.8. The molecule has 31 heavy (non-hydrogen) atoms. The molecule has 1 N–H and O–H groups in total. The number of imide groups is 1. The van der Waals surface area contributed by atoms with Gasteiger partial charge in [0, 0.05) is 10.7 Å². The lowest BCUT2D eigenvalue weighted by Crippen LogP contribution is -2.36. The summed E-state index contributed by atoms with van der Waals surface area (Å²) in [7, 11) is 1.53. The summed E-state index contributed by atoms with van der Waals surface area (Å²) in [5, 5.41) is 2.58. The Bertz CT molecular complexity index is 1080. The smallest absolute Gasteiger partial charge is 0.294 e. The van der Waals surface area contributed by atoms with Crippen LogP contribution in [0.3, 0.4) is 0 Å². The topological polar surface area (TPSA) is 84.9 Å². The highest BCUT2D eigenvalue weighted by atomic mass is 127. The summed E-state index contributed by atoms with van der Waals surface area (Å²) in [4.78, 5) is 38.5. The molecule has 7 nitrogen and oxygen atoms in total. The second-order valence-electron chi connectivity index (χ2n) is 6.29. The van der Waals surface area contributed by atoms with Gasteiger partial charge in [0.25, 0.3) is 11.1 Å².